The molecule has 0 aliphatic heterocycles. The summed E-state index contributed by atoms with van der Waals surface area (Å²) in [6.45, 7) is 4.89. The van der Waals surface area contributed by atoms with E-state index in [2.05, 4.69) is 34.2 Å². The second kappa shape index (κ2) is 5.95. The van der Waals surface area contributed by atoms with E-state index < -0.39 is 0 Å². The van der Waals surface area contributed by atoms with Crippen molar-refractivity contribution in [1.29, 1.82) is 0 Å². The molecule has 96 valence electrons. The van der Waals surface area contributed by atoms with Crippen LogP contribution in [0.15, 0.2) is 34.1 Å². The Kier molecular flexibility index (Phi) is 4.54. The van der Waals surface area contributed by atoms with Crippen LogP contribution >= 0.6 is 27.3 Å². The first-order chi connectivity index (χ1) is 8.65. The minimum atomic E-state index is -0.180. The predicted molar refractivity (Wildman–Crippen MR) is 78.7 cm³/mol. The molecule has 1 aromatic heterocycles. The lowest BCUT2D eigenvalue weighted by Crippen LogP contribution is -2.23. The van der Waals surface area contributed by atoms with Gasteiger partial charge in [0.1, 0.15) is 5.82 Å². The van der Waals surface area contributed by atoms with E-state index in [1.54, 1.807) is 17.4 Å². The number of hydrogen-bond donors (Lipinski definition) is 1. The predicted octanol–water partition coefficient (Wildman–Crippen LogP) is 4.66. The lowest BCUT2D eigenvalue weighted by atomic mass is 9.99. The highest BCUT2D eigenvalue weighted by Gasteiger charge is 2.21. The van der Waals surface area contributed by atoms with Gasteiger partial charge in [-0.1, -0.05) is 28.9 Å². The first kappa shape index (κ1) is 13.7. The molecule has 0 amide bonds. The summed E-state index contributed by atoms with van der Waals surface area (Å²) < 4.78 is 14.9. The van der Waals surface area contributed by atoms with Gasteiger partial charge in [-0.25, -0.2) is 4.39 Å². The summed E-state index contributed by atoms with van der Waals surface area (Å²) in [6, 6.07) is 7.06. The van der Waals surface area contributed by atoms with Gasteiger partial charge in [-0.05, 0) is 42.6 Å². The molecule has 0 bridgehead atoms. The standard InChI is InChI=1S/C14H15BrFNS/c1-3-17-14(10-7-8-18-9(10)2)13-11(15)5-4-6-12(13)16/h4-8,14,17H,3H2,1-2H3. The summed E-state index contributed by atoms with van der Waals surface area (Å²) in [6.07, 6.45) is 0. The number of aryl methyl sites for hydroxylation is 1. The first-order valence-corrected chi connectivity index (χ1v) is 7.53. The number of rotatable bonds is 4. The fourth-order valence-electron chi connectivity index (χ4n) is 2.05. The summed E-state index contributed by atoms with van der Waals surface area (Å²) in [5, 5.41) is 5.41. The van der Waals surface area contributed by atoms with Crippen molar-refractivity contribution in [2.45, 2.75) is 19.9 Å². The van der Waals surface area contributed by atoms with Crippen molar-refractivity contribution < 1.29 is 4.39 Å². The van der Waals surface area contributed by atoms with Crippen LogP contribution in [0.4, 0.5) is 4.39 Å². The quantitative estimate of drug-likeness (QED) is 0.861. The van der Waals surface area contributed by atoms with Crippen molar-refractivity contribution in [2.75, 3.05) is 6.54 Å². The molecule has 0 aliphatic carbocycles. The third kappa shape index (κ3) is 2.66. The third-order valence-corrected chi connectivity index (χ3v) is 4.46. The Morgan fingerprint density at radius 1 is 1.39 bits per heavy atom. The molecule has 0 spiro atoms. The molecule has 0 saturated heterocycles. The van der Waals surface area contributed by atoms with Gasteiger partial charge in [0.2, 0.25) is 0 Å². The Morgan fingerprint density at radius 3 is 2.72 bits per heavy atom. The van der Waals surface area contributed by atoms with E-state index in [9.17, 15) is 4.39 Å². The van der Waals surface area contributed by atoms with Crippen LogP contribution in [0.2, 0.25) is 0 Å². The molecule has 1 N–H and O–H groups in total. The van der Waals surface area contributed by atoms with Crippen molar-refractivity contribution in [1.82, 2.24) is 5.32 Å². The zero-order valence-electron chi connectivity index (χ0n) is 10.3. The summed E-state index contributed by atoms with van der Waals surface area (Å²) in [4.78, 5) is 1.22. The molecule has 1 atom stereocenters. The molecule has 0 radical (unpaired) electrons. The molecule has 18 heavy (non-hydrogen) atoms. The summed E-state index contributed by atoms with van der Waals surface area (Å²) in [5.41, 5.74) is 1.83. The van der Waals surface area contributed by atoms with Crippen LogP contribution in [0.25, 0.3) is 0 Å². The van der Waals surface area contributed by atoms with Gasteiger partial charge in [-0.3, -0.25) is 0 Å². The Hall–Kier alpha value is -0.710. The van der Waals surface area contributed by atoms with E-state index >= 15 is 0 Å². The lowest BCUT2D eigenvalue weighted by molar-refractivity contribution is 0.556. The van der Waals surface area contributed by atoms with E-state index in [4.69, 9.17) is 0 Å². The minimum Gasteiger partial charge on any atom is -0.306 e. The van der Waals surface area contributed by atoms with Crippen LogP contribution in [0.3, 0.4) is 0 Å². The molecule has 1 aromatic carbocycles. The van der Waals surface area contributed by atoms with E-state index in [0.717, 1.165) is 16.6 Å². The molecule has 4 heteroatoms. The van der Waals surface area contributed by atoms with E-state index in [-0.39, 0.29) is 11.9 Å². The van der Waals surface area contributed by atoms with Crippen LogP contribution in [0.1, 0.15) is 29.0 Å². The summed E-state index contributed by atoms with van der Waals surface area (Å²) in [5.74, 6) is -0.180. The summed E-state index contributed by atoms with van der Waals surface area (Å²) >= 11 is 5.14. The van der Waals surface area contributed by atoms with Gasteiger partial charge in [0.25, 0.3) is 0 Å². The fourth-order valence-corrected chi connectivity index (χ4v) is 3.36. The molecular weight excluding hydrogens is 313 g/mol. The number of benzene rings is 1. The third-order valence-electron chi connectivity index (χ3n) is 2.91. The molecule has 0 saturated carbocycles. The SMILES string of the molecule is CCNC(c1ccsc1C)c1c(F)cccc1Br. The van der Waals surface area contributed by atoms with Crippen molar-refractivity contribution in [2.24, 2.45) is 0 Å². The van der Waals surface area contributed by atoms with Gasteiger partial charge in [0, 0.05) is 14.9 Å². The second-order valence-electron chi connectivity index (χ2n) is 4.06. The average Bonchev–Trinajstić information content (AvgIpc) is 2.74. The van der Waals surface area contributed by atoms with Crippen LogP contribution in [-0.4, -0.2) is 6.54 Å². The Bertz CT molecular complexity index is 518. The molecule has 1 heterocycles. The highest BCUT2D eigenvalue weighted by Crippen LogP contribution is 2.33. The minimum absolute atomic E-state index is 0.100. The number of thiophene rings is 1. The lowest BCUT2D eigenvalue weighted by Gasteiger charge is -2.20. The van der Waals surface area contributed by atoms with E-state index in [0.29, 0.717) is 5.56 Å². The van der Waals surface area contributed by atoms with Crippen LogP contribution in [0.5, 0.6) is 0 Å². The van der Waals surface area contributed by atoms with Gasteiger partial charge in [-0.2, -0.15) is 0 Å². The monoisotopic (exact) mass is 327 g/mol. The second-order valence-corrected chi connectivity index (χ2v) is 6.03. The number of hydrogen-bond acceptors (Lipinski definition) is 2. The Labute approximate surface area is 119 Å². The van der Waals surface area contributed by atoms with Gasteiger partial charge in [-0.15, -0.1) is 11.3 Å². The number of halogens is 2. The van der Waals surface area contributed by atoms with Crippen molar-refractivity contribution in [3.05, 3.63) is 55.9 Å². The van der Waals surface area contributed by atoms with E-state index in [1.807, 2.05) is 18.4 Å². The average molecular weight is 328 g/mol. The van der Waals surface area contributed by atoms with Gasteiger partial charge < -0.3 is 5.32 Å². The maximum atomic E-state index is 14.1. The largest absolute Gasteiger partial charge is 0.306 e. The van der Waals surface area contributed by atoms with Gasteiger partial charge >= 0.3 is 0 Å². The smallest absolute Gasteiger partial charge is 0.129 e. The zero-order chi connectivity index (χ0) is 13.1. The molecule has 2 aromatic rings. The highest BCUT2D eigenvalue weighted by molar-refractivity contribution is 9.10. The van der Waals surface area contributed by atoms with Crippen molar-refractivity contribution in [3.8, 4) is 0 Å². The van der Waals surface area contributed by atoms with Crippen molar-refractivity contribution >= 4 is 27.3 Å². The fraction of sp³-hybridized carbons (Fsp3) is 0.286. The topological polar surface area (TPSA) is 12.0 Å². The number of nitrogens with one attached hydrogen (secondary N) is 1. The first-order valence-electron chi connectivity index (χ1n) is 5.86. The van der Waals surface area contributed by atoms with Crippen LogP contribution in [-0.2, 0) is 0 Å². The molecule has 0 aliphatic rings. The normalized spacial score (nSPS) is 12.7. The molecule has 1 nitrogen and oxygen atoms in total. The Balaban J connectivity index is 2.52. The highest BCUT2D eigenvalue weighted by atomic mass is 79.9. The van der Waals surface area contributed by atoms with Crippen LogP contribution < -0.4 is 5.32 Å². The van der Waals surface area contributed by atoms with Gasteiger partial charge in [0.05, 0.1) is 6.04 Å². The summed E-state index contributed by atoms with van der Waals surface area (Å²) in [7, 11) is 0. The molecule has 0 fully saturated rings. The molecule has 1 unspecified atom stereocenters. The maximum Gasteiger partial charge on any atom is 0.129 e. The van der Waals surface area contributed by atoms with E-state index in [1.165, 1.54) is 10.9 Å². The molecular formula is C14H15BrFNS. The maximum absolute atomic E-state index is 14.1. The van der Waals surface area contributed by atoms with Crippen LogP contribution in [0, 0.1) is 12.7 Å². The van der Waals surface area contributed by atoms with Gasteiger partial charge in [0.15, 0.2) is 0 Å². The van der Waals surface area contributed by atoms with Crippen molar-refractivity contribution in [3.63, 3.8) is 0 Å². The Morgan fingerprint density at radius 2 is 2.17 bits per heavy atom. The zero-order valence-corrected chi connectivity index (χ0v) is 12.7. The molecule has 2 rings (SSSR count).